The van der Waals surface area contributed by atoms with Gasteiger partial charge in [0.2, 0.25) is 10.0 Å². The normalized spacial score (nSPS) is 15.8. The third-order valence-corrected chi connectivity index (χ3v) is 3.24. The van der Waals surface area contributed by atoms with Gasteiger partial charge in [-0.15, -0.1) is 0 Å². The summed E-state index contributed by atoms with van der Waals surface area (Å²) < 4.78 is 27.9. The third kappa shape index (κ3) is 2.23. The van der Waals surface area contributed by atoms with Gasteiger partial charge in [-0.3, -0.25) is 4.79 Å². The van der Waals surface area contributed by atoms with E-state index in [2.05, 4.69) is 0 Å². The van der Waals surface area contributed by atoms with E-state index in [0.717, 1.165) is 12.8 Å². The summed E-state index contributed by atoms with van der Waals surface area (Å²) in [6, 6.07) is 4.36. The van der Waals surface area contributed by atoms with Gasteiger partial charge in [-0.2, -0.15) is 0 Å². The number of sulfonamides is 1. The van der Waals surface area contributed by atoms with E-state index in [1.165, 1.54) is 12.1 Å². The summed E-state index contributed by atoms with van der Waals surface area (Å²) in [6.45, 7) is 0. The van der Waals surface area contributed by atoms with E-state index in [-0.39, 0.29) is 22.3 Å². The Labute approximate surface area is 93.3 Å². The SMILES string of the molecule is NS(=O)(=O)c1cccc(OC2CC2)c1C=O. The quantitative estimate of drug-likeness (QED) is 0.785. The summed E-state index contributed by atoms with van der Waals surface area (Å²) in [7, 11) is -3.89. The molecule has 0 unspecified atom stereocenters. The molecule has 0 saturated heterocycles. The fourth-order valence-electron chi connectivity index (χ4n) is 1.36. The molecule has 0 bridgehead atoms. The maximum Gasteiger partial charge on any atom is 0.238 e. The number of benzene rings is 1. The van der Waals surface area contributed by atoms with E-state index < -0.39 is 10.0 Å². The van der Waals surface area contributed by atoms with E-state index in [1.807, 2.05) is 0 Å². The number of ether oxygens (including phenoxy) is 1. The number of aldehydes is 1. The van der Waals surface area contributed by atoms with Crippen molar-refractivity contribution in [1.29, 1.82) is 0 Å². The molecule has 2 rings (SSSR count). The number of carbonyl (C=O) groups excluding carboxylic acids is 1. The molecule has 6 heteroatoms. The number of nitrogens with two attached hydrogens (primary N) is 1. The Morgan fingerprint density at radius 1 is 1.38 bits per heavy atom. The van der Waals surface area contributed by atoms with Crippen LogP contribution in [0.5, 0.6) is 5.75 Å². The van der Waals surface area contributed by atoms with Crippen LogP contribution >= 0.6 is 0 Å². The molecule has 0 heterocycles. The van der Waals surface area contributed by atoms with Crippen LogP contribution in [-0.4, -0.2) is 20.8 Å². The monoisotopic (exact) mass is 241 g/mol. The van der Waals surface area contributed by atoms with Crippen LogP contribution in [-0.2, 0) is 10.0 Å². The molecule has 0 aliphatic heterocycles. The second-order valence-corrected chi connectivity index (χ2v) is 5.18. The first kappa shape index (κ1) is 11.1. The average molecular weight is 241 g/mol. The van der Waals surface area contributed by atoms with Gasteiger partial charge in [0.15, 0.2) is 6.29 Å². The summed E-state index contributed by atoms with van der Waals surface area (Å²) in [6.07, 6.45) is 2.40. The van der Waals surface area contributed by atoms with Crippen molar-refractivity contribution < 1.29 is 17.9 Å². The summed E-state index contributed by atoms with van der Waals surface area (Å²) in [5, 5.41) is 5.01. The second-order valence-electron chi connectivity index (χ2n) is 3.65. The maximum atomic E-state index is 11.2. The molecule has 16 heavy (non-hydrogen) atoms. The van der Waals surface area contributed by atoms with E-state index in [0.29, 0.717) is 6.29 Å². The van der Waals surface area contributed by atoms with Crippen LogP contribution in [0.15, 0.2) is 23.1 Å². The maximum absolute atomic E-state index is 11.2. The van der Waals surface area contributed by atoms with E-state index in [9.17, 15) is 13.2 Å². The number of carbonyl (C=O) groups is 1. The van der Waals surface area contributed by atoms with E-state index >= 15 is 0 Å². The molecule has 1 aromatic rings. The molecule has 0 atom stereocenters. The highest BCUT2D eigenvalue weighted by Gasteiger charge is 2.26. The molecule has 0 amide bonds. The minimum absolute atomic E-state index is 0.00287. The van der Waals surface area contributed by atoms with Gasteiger partial charge in [0.25, 0.3) is 0 Å². The van der Waals surface area contributed by atoms with Crippen molar-refractivity contribution in [3.05, 3.63) is 23.8 Å². The van der Waals surface area contributed by atoms with Crippen molar-refractivity contribution in [1.82, 2.24) is 0 Å². The van der Waals surface area contributed by atoms with Gasteiger partial charge in [0.05, 0.1) is 16.6 Å². The zero-order valence-electron chi connectivity index (χ0n) is 8.42. The van der Waals surface area contributed by atoms with E-state index in [1.54, 1.807) is 6.07 Å². The molecule has 1 saturated carbocycles. The van der Waals surface area contributed by atoms with Crippen molar-refractivity contribution in [2.75, 3.05) is 0 Å². The number of primary sulfonamides is 1. The number of hydrogen-bond donors (Lipinski definition) is 1. The molecule has 5 nitrogen and oxygen atoms in total. The lowest BCUT2D eigenvalue weighted by Crippen LogP contribution is -2.15. The standard InChI is InChI=1S/C10H11NO4S/c11-16(13,14)10-3-1-2-9(8(10)6-12)15-7-4-5-7/h1-3,6-7H,4-5H2,(H2,11,13,14). The lowest BCUT2D eigenvalue weighted by molar-refractivity contribution is 0.111. The van der Waals surface area contributed by atoms with Gasteiger partial charge in [0, 0.05) is 0 Å². The van der Waals surface area contributed by atoms with Gasteiger partial charge in [-0.1, -0.05) is 6.07 Å². The van der Waals surface area contributed by atoms with Crippen LogP contribution < -0.4 is 9.88 Å². The third-order valence-electron chi connectivity index (χ3n) is 2.27. The van der Waals surface area contributed by atoms with E-state index in [4.69, 9.17) is 9.88 Å². The average Bonchev–Trinajstić information content (AvgIpc) is 3.00. The lowest BCUT2D eigenvalue weighted by Gasteiger charge is -2.09. The van der Waals surface area contributed by atoms with Crippen molar-refractivity contribution in [3.63, 3.8) is 0 Å². The first-order chi connectivity index (χ1) is 7.52. The molecule has 1 fully saturated rings. The van der Waals surface area contributed by atoms with Gasteiger partial charge < -0.3 is 4.74 Å². The summed E-state index contributed by atoms with van der Waals surface area (Å²) in [5.41, 5.74) is -0.00287. The Balaban J connectivity index is 2.49. The summed E-state index contributed by atoms with van der Waals surface area (Å²) >= 11 is 0. The molecule has 1 aliphatic rings. The fraction of sp³-hybridized carbons (Fsp3) is 0.300. The predicted octanol–water partition coefficient (Wildman–Crippen LogP) is 0.688. The van der Waals surface area contributed by atoms with Crippen LogP contribution in [0, 0.1) is 0 Å². The molecule has 0 spiro atoms. The van der Waals surface area contributed by atoms with Crippen LogP contribution in [0.1, 0.15) is 23.2 Å². The highest BCUT2D eigenvalue weighted by molar-refractivity contribution is 7.89. The molecule has 1 aromatic carbocycles. The second kappa shape index (κ2) is 3.88. The van der Waals surface area contributed by atoms with Gasteiger partial charge in [-0.05, 0) is 25.0 Å². The van der Waals surface area contributed by atoms with Crippen LogP contribution in [0.3, 0.4) is 0 Å². The molecular formula is C10H11NO4S. The van der Waals surface area contributed by atoms with Crippen molar-refractivity contribution >= 4 is 16.3 Å². The Morgan fingerprint density at radius 2 is 2.06 bits per heavy atom. The lowest BCUT2D eigenvalue weighted by atomic mass is 10.2. The van der Waals surface area contributed by atoms with Crippen LogP contribution in [0.25, 0.3) is 0 Å². The first-order valence-electron chi connectivity index (χ1n) is 4.80. The highest BCUT2D eigenvalue weighted by atomic mass is 32.2. The summed E-state index contributed by atoms with van der Waals surface area (Å²) in [5.74, 6) is 0.282. The van der Waals surface area contributed by atoms with Gasteiger partial charge >= 0.3 is 0 Å². The molecule has 86 valence electrons. The molecule has 0 radical (unpaired) electrons. The Kier molecular flexibility index (Phi) is 2.69. The fourth-order valence-corrected chi connectivity index (χ4v) is 2.08. The number of rotatable bonds is 4. The Morgan fingerprint density at radius 3 is 2.56 bits per heavy atom. The minimum Gasteiger partial charge on any atom is -0.490 e. The smallest absolute Gasteiger partial charge is 0.238 e. The first-order valence-corrected chi connectivity index (χ1v) is 6.34. The van der Waals surface area contributed by atoms with Gasteiger partial charge in [-0.25, -0.2) is 13.6 Å². The predicted molar refractivity (Wildman–Crippen MR) is 56.9 cm³/mol. The Hall–Kier alpha value is -1.40. The van der Waals surface area contributed by atoms with Crippen LogP contribution in [0.4, 0.5) is 0 Å². The van der Waals surface area contributed by atoms with Crippen molar-refractivity contribution in [2.45, 2.75) is 23.8 Å². The molecule has 1 aliphatic carbocycles. The zero-order chi connectivity index (χ0) is 11.8. The molecule has 2 N–H and O–H groups in total. The molecule has 0 aromatic heterocycles. The topological polar surface area (TPSA) is 86.5 Å². The summed E-state index contributed by atoms with van der Waals surface area (Å²) in [4.78, 5) is 10.7. The van der Waals surface area contributed by atoms with Crippen molar-refractivity contribution in [2.24, 2.45) is 5.14 Å². The largest absolute Gasteiger partial charge is 0.490 e. The van der Waals surface area contributed by atoms with Gasteiger partial charge in [0.1, 0.15) is 5.75 Å². The Bertz CT molecular complexity index is 520. The minimum atomic E-state index is -3.89. The highest BCUT2D eigenvalue weighted by Crippen LogP contribution is 2.30. The zero-order valence-corrected chi connectivity index (χ0v) is 9.24. The number of hydrogen-bond acceptors (Lipinski definition) is 4. The molecular weight excluding hydrogens is 230 g/mol. The van der Waals surface area contributed by atoms with Crippen molar-refractivity contribution in [3.8, 4) is 5.75 Å². The van der Waals surface area contributed by atoms with Crippen LogP contribution in [0.2, 0.25) is 0 Å².